The van der Waals surface area contributed by atoms with Crippen LogP contribution in [0.15, 0.2) is 30.3 Å². The zero-order chi connectivity index (χ0) is 13.1. The van der Waals surface area contributed by atoms with Crippen LogP contribution in [0.2, 0.25) is 0 Å². The number of nitrogens with zero attached hydrogens (tertiary/aromatic N) is 1. The van der Waals surface area contributed by atoms with Gasteiger partial charge in [0.25, 0.3) is 0 Å². The first-order chi connectivity index (χ1) is 9.35. The maximum atomic E-state index is 3.84. The molecule has 1 aromatic rings. The molecule has 0 radical (unpaired) electrons. The minimum atomic E-state index is 0.693. The zero-order valence-electron chi connectivity index (χ0n) is 12.0. The second-order valence-electron chi connectivity index (χ2n) is 6.24. The number of rotatable bonds is 5. The topological polar surface area (TPSA) is 15.3 Å². The minimum Gasteiger partial charge on any atom is -0.310 e. The van der Waals surface area contributed by atoms with Crippen molar-refractivity contribution in [2.45, 2.75) is 50.6 Å². The number of piperidine rings is 1. The SMILES string of the molecule is CCCN1CC(NC2CC2)CC(c2ccccc2)C1. The lowest BCUT2D eigenvalue weighted by Gasteiger charge is -2.38. The Bertz CT molecular complexity index is 386. The Kier molecular flexibility index (Phi) is 4.19. The van der Waals surface area contributed by atoms with Gasteiger partial charge in [0.15, 0.2) is 0 Å². The summed E-state index contributed by atoms with van der Waals surface area (Å²) in [5.74, 6) is 0.706. The van der Waals surface area contributed by atoms with Crippen LogP contribution in [0.4, 0.5) is 0 Å². The van der Waals surface area contributed by atoms with Crippen LogP contribution in [-0.2, 0) is 0 Å². The zero-order valence-corrected chi connectivity index (χ0v) is 12.0. The number of likely N-dealkylation sites (tertiary alicyclic amines) is 1. The van der Waals surface area contributed by atoms with E-state index in [4.69, 9.17) is 0 Å². The Hall–Kier alpha value is -0.860. The molecule has 1 N–H and O–H groups in total. The Labute approximate surface area is 117 Å². The molecule has 0 bridgehead atoms. The maximum absolute atomic E-state index is 3.84. The van der Waals surface area contributed by atoms with E-state index in [1.807, 2.05) is 0 Å². The highest BCUT2D eigenvalue weighted by Crippen LogP contribution is 2.29. The first-order valence-electron chi connectivity index (χ1n) is 7.88. The van der Waals surface area contributed by atoms with Crippen LogP contribution in [0.25, 0.3) is 0 Å². The van der Waals surface area contributed by atoms with Gasteiger partial charge in [-0.3, -0.25) is 0 Å². The number of hydrogen-bond donors (Lipinski definition) is 1. The van der Waals surface area contributed by atoms with Gasteiger partial charge < -0.3 is 10.2 Å². The van der Waals surface area contributed by atoms with Crippen molar-refractivity contribution in [1.82, 2.24) is 10.2 Å². The van der Waals surface area contributed by atoms with Crippen LogP contribution in [0.3, 0.4) is 0 Å². The third-order valence-corrected chi connectivity index (χ3v) is 4.39. The molecule has 2 nitrogen and oxygen atoms in total. The molecule has 2 aliphatic rings. The van der Waals surface area contributed by atoms with Crippen molar-refractivity contribution in [1.29, 1.82) is 0 Å². The molecule has 3 rings (SSSR count). The van der Waals surface area contributed by atoms with Crippen LogP contribution in [0.5, 0.6) is 0 Å². The summed E-state index contributed by atoms with van der Waals surface area (Å²) in [6.45, 7) is 6.01. The lowest BCUT2D eigenvalue weighted by molar-refractivity contribution is 0.170. The molecule has 104 valence electrons. The molecule has 2 fully saturated rings. The second kappa shape index (κ2) is 6.06. The predicted molar refractivity (Wildman–Crippen MR) is 80.5 cm³/mol. The van der Waals surface area contributed by atoms with Gasteiger partial charge in [-0.15, -0.1) is 0 Å². The molecule has 0 spiro atoms. The molecule has 1 aliphatic heterocycles. The molecule has 1 heterocycles. The lowest BCUT2D eigenvalue weighted by atomic mass is 9.88. The van der Waals surface area contributed by atoms with Crippen molar-refractivity contribution in [3.63, 3.8) is 0 Å². The van der Waals surface area contributed by atoms with Gasteiger partial charge in [-0.1, -0.05) is 37.3 Å². The van der Waals surface area contributed by atoms with E-state index in [1.165, 1.54) is 50.9 Å². The molecule has 19 heavy (non-hydrogen) atoms. The molecular weight excluding hydrogens is 232 g/mol. The average Bonchev–Trinajstić information content (AvgIpc) is 3.24. The van der Waals surface area contributed by atoms with Crippen LogP contribution in [-0.4, -0.2) is 36.6 Å². The molecule has 1 aromatic carbocycles. The van der Waals surface area contributed by atoms with Crippen molar-refractivity contribution in [2.24, 2.45) is 0 Å². The van der Waals surface area contributed by atoms with Crippen molar-refractivity contribution >= 4 is 0 Å². The molecule has 2 heteroatoms. The summed E-state index contributed by atoms with van der Waals surface area (Å²) in [6.07, 6.45) is 5.35. The van der Waals surface area contributed by atoms with Gasteiger partial charge in [-0.05, 0) is 43.7 Å². The van der Waals surface area contributed by atoms with Gasteiger partial charge in [-0.25, -0.2) is 0 Å². The summed E-state index contributed by atoms with van der Waals surface area (Å²) in [5.41, 5.74) is 1.52. The fourth-order valence-electron chi connectivity index (χ4n) is 3.36. The molecule has 1 saturated heterocycles. The molecule has 2 unspecified atom stereocenters. The highest BCUT2D eigenvalue weighted by Gasteiger charge is 2.31. The third kappa shape index (κ3) is 3.58. The minimum absolute atomic E-state index is 0.693. The smallest absolute Gasteiger partial charge is 0.0203 e. The van der Waals surface area contributed by atoms with Crippen LogP contribution in [0.1, 0.15) is 44.1 Å². The van der Waals surface area contributed by atoms with Gasteiger partial charge in [0, 0.05) is 25.2 Å². The quantitative estimate of drug-likeness (QED) is 0.873. The Balaban J connectivity index is 1.67. The van der Waals surface area contributed by atoms with Crippen LogP contribution < -0.4 is 5.32 Å². The maximum Gasteiger partial charge on any atom is 0.0203 e. The fraction of sp³-hybridized carbons (Fsp3) is 0.647. The summed E-state index contributed by atoms with van der Waals surface area (Å²) in [6, 6.07) is 12.6. The van der Waals surface area contributed by atoms with E-state index >= 15 is 0 Å². The van der Waals surface area contributed by atoms with Crippen molar-refractivity contribution in [3.8, 4) is 0 Å². The fourth-order valence-corrected chi connectivity index (χ4v) is 3.36. The van der Waals surface area contributed by atoms with Crippen molar-refractivity contribution in [3.05, 3.63) is 35.9 Å². The van der Waals surface area contributed by atoms with Gasteiger partial charge in [0.1, 0.15) is 0 Å². The molecule has 1 aliphatic carbocycles. The van der Waals surface area contributed by atoms with Crippen molar-refractivity contribution in [2.75, 3.05) is 19.6 Å². The van der Waals surface area contributed by atoms with Gasteiger partial charge in [0.2, 0.25) is 0 Å². The molecule has 0 amide bonds. The van der Waals surface area contributed by atoms with Gasteiger partial charge >= 0.3 is 0 Å². The van der Waals surface area contributed by atoms with Crippen molar-refractivity contribution < 1.29 is 0 Å². The van der Waals surface area contributed by atoms with E-state index < -0.39 is 0 Å². The Morgan fingerprint density at radius 1 is 1.11 bits per heavy atom. The first-order valence-corrected chi connectivity index (χ1v) is 7.88. The van der Waals surface area contributed by atoms with E-state index in [0.29, 0.717) is 12.0 Å². The van der Waals surface area contributed by atoms with Crippen LogP contribution in [0, 0.1) is 0 Å². The first kappa shape index (κ1) is 13.1. The Morgan fingerprint density at radius 2 is 1.89 bits per heavy atom. The lowest BCUT2D eigenvalue weighted by Crippen LogP contribution is -2.49. The normalized spacial score (nSPS) is 28.5. The predicted octanol–water partition coefficient (Wildman–Crippen LogP) is 3.01. The highest BCUT2D eigenvalue weighted by molar-refractivity contribution is 5.21. The average molecular weight is 258 g/mol. The molecule has 1 saturated carbocycles. The van der Waals surface area contributed by atoms with E-state index in [2.05, 4.69) is 47.5 Å². The summed E-state index contributed by atoms with van der Waals surface area (Å²) < 4.78 is 0. The summed E-state index contributed by atoms with van der Waals surface area (Å²) in [4.78, 5) is 2.65. The molecular formula is C17H26N2. The number of hydrogen-bond acceptors (Lipinski definition) is 2. The number of nitrogens with one attached hydrogen (secondary N) is 1. The largest absolute Gasteiger partial charge is 0.310 e. The monoisotopic (exact) mass is 258 g/mol. The summed E-state index contributed by atoms with van der Waals surface area (Å²) in [5, 5.41) is 3.84. The molecule has 2 atom stereocenters. The van der Waals surface area contributed by atoms with Crippen LogP contribution >= 0.6 is 0 Å². The van der Waals surface area contributed by atoms with E-state index in [1.54, 1.807) is 0 Å². The Morgan fingerprint density at radius 3 is 2.58 bits per heavy atom. The standard InChI is InChI=1S/C17H26N2/c1-2-10-19-12-15(14-6-4-3-5-7-14)11-17(13-19)18-16-8-9-16/h3-7,15-18H,2,8-13H2,1H3. The highest BCUT2D eigenvalue weighted by atomic mass is 15.2. The molecule has 0 aromatic heterocycles. The van der Waals surface area contributed by atoms with E-state index in [-0.39, 0.29) is 0 Å². The summed E-state index contributed by atoms with van der Waals surface area (Å²) in [7, 11) is 0. The van der Waals surface area contributed by atoms with Gasteiger partial charge in [-0.2, -0.15) is 0 Å². The third-order valence-electron chi connectivity index (χ3n) is 4.39. The second-order valence-corrected chi connectivity index (χ2v) is 6.24. The van der Waals surface area contributed by atoms with E-state index in [9.17, 15) is 0 Å². The van der Waals surface area contributed by atoms with Gasteiger partial charge in [0.05, 0.1) is 0 Å². The number of benzene rings is 1. The summed E-state index contributed by atoms with van der Waals surface area (Å²) >= 11 is 0. The van der Waals surface area contributed by atoms with E-state index in [0.717, 1.165) is 6.04 Å².